The van der Waals surface area contributed by atoms with Crippen LogP contribution in [0.5, 0.6) is 0 Å². The van der Waals surface area contributed by atoms with Crippen LogP contribution in [0, 0.1) is 0 Å². The number of rotatable bonds is 3. The number of fused-ring (bicyclic) bond motifs is 1. The monoisotopic (exact) mass is 270 g/mol. The van der Waals surface area contributed by atoms with Crippen LogP contribution in [0.25, 0.3) is 0 Å². The van der Waals surface area contributed by atoms with Crippen LogP contribution < -0.4 is 5.73 Å². The van der Waals surface area contributed by atoms with Crippen molar-refractivity contribution in [2.75, 3.05) is 0 Å². The molecule has 0 saturated carbocycles. The van der Waals surface area contributed by atoms with Gasteiger partial charge in [-0.1, -0.05) is 13.0 Å². The Hall–Kier alpha value is -1.68. The van der Waals surface area contributed by atoms with E-state index in [1.807, 2.05) is 24.0 Å². The van der Waals surface area contributed by atoms with Gasteiger partial charge in [-0.05, 0) is 43.4 Å². The van der Waals surface area contributed by atoms with E-state index in [9.17, 15) is 0 Å². The first-order valence-electron chi connectivity index (χ1n) is 7.43. The Bertz CT molecular complexity index is 602. The number of pyridine rings is 1. The maximum Gasteiger partial charge on any atom is 0.0625 e. The Morgan fingerprint density at radius 1 is 1.50 bits per heavy atom. The Morgan fingerprint density at radius 3 is 3.10 bits per heavy atom. The van der Waals surface area contributed by atoms with E-state index in [1.165, 1.54) is 17.7 Å². The van der Waals surface area contributed by atoms with Crippen molar-refractivity contribution in [1.82, 2.24) is 14.8 Å². The summed E-state index contributed by atoms with van der Waals surface area (Å²) in [4.78, 5) is 4.59. The summed E-state index contributed by atoms with van der Waals surface area (Å²) in [5.74, 6) is 0.306. The molecule has 4 heteroatoms. The molecule has 0 fully saturated rings. The third-order valence-electron chi connectivity index (χ3n) is 4.34. The van der Waals surface area contributed by atoms with E-state index < -0.39 is 0 Å². The van der Waals surface area contributed by atoms with E-state index in [2.05, 4.69) is 29.1 Å². The molecule has 0 spiro atoms. The number of hydrogen-bond acceptors (Lipinski definition) is 3. The summed E-state index contributed by atoms with van der Waals surface area (Å²) in [7, 11) is 1.98. The fraction of sp³-hybridized carbons (Fsp3) is 0.500. The highest BCUT2D eigenvalue weighted by Gasteiger charge is 2.29. The number of aryl methyl sites for hydroxylation is 3. The molecule has 2 unspecified atom stereocenters. The van der Waals surface area contributed by atoms with Crippen LogP contribution in [0.3, 0.4) is 0 Å². The molecule has 0 saturated heterocycles. The van der Waals surface area contributed by atoms with Gasteiger partial charge in [0.25, 0.3) is 0 Å². The first-order chi connectivity index (χ1) is 9.70. The van der Waals surface area contributed by atoms with Gasteiger partial charge in [-0.25, -0.2) is 0 Å². The van der Waals surface area contributed by atoms with Gasteiger partial charge in [0.1, 0.15) is 0 Å². The molecule has 4 nitrogen and oxygen atoms in total. The van der Waals surface area contributed by atoms with E-state index >= 15 is 0 Å². The second kappa shape index (κ2) is 5.37. The Balaban J connectivity index is 1.95. The molecule has 0 radical (unpaired) electrons. The van der Waals surface area contributed by atoms with Crippen LogP contribution in [0.4, 0.5) is 0 Å². The van der Waals surface area contributed by atoms with Crippen molar-refractivity contribution in [3.63, 3.8) is 0 Å². The zero-order chi connectivity index (χ0) is 14.1. The van der Waals surface area contributed by atoms with Crippen LogP contribution in [-0.4, -0.2) is 14.8 Å². The number of aromatic nitrogens is 3. The van der Waals surface area contributed by atoms with E-state index in [0.29, 0.717) is 5.92 Å². The number of nitrogens with two attached hydrogens (primary N) is 1. The highest BCUT2D eigenvalue weighted by atomic mass is 15.3. The van der Waals surface area contributed by atoms with Crippen LogP contribution in [0.15, 0.2) is 24.4 Å². The quantitative estimate of drug-likeness (QED) is 0.932. The third kappa shape index (κ3) is 2.24. The normalized spacial score (nSPS) is 19.6. The molecule has 0 aliphatic heterocycles. The molecule has 2 aromatic heterocycles. The predicted molar refractivity (Wildman–Crippen MR) is 79.4 cm³/mol. The Morgan fingerprint density at radius 2 is 2.35 bits per heavy atom. The second-order valence-corrected chi connectivity index (χ2v) is 5.61. The molecule has 3 rings (SSSR count). The average molecular weight is 270 g/mol. The molecule has 2 heterocycles. The van der Waals surface area contributed by atoms with E-state index in [-0.39, 0.29) is 6.04 Å². The Kier molecular flexibility index (Phi) is 3.57. The van der Waals surface area contributed by atoms with Crippen molar-refractivity contribution in [2.45, 2.75) is 44.6 Å². The summed E-state index contributed by atoms with van der Waals surface area (Å²) >= 11 is 0. The molecule has 2 N–H and O–H groups in total. The highest BCUT2D eigenvalue weighted by molar-refractivity contribution is 5.29. The van der Waals surface area contributed by atoms with Gasteiger partial charge in [0, 0.05) is 24.9 Å². The van der Waals surface area contributed by atoms with Crippen molar-refractivity contribution in [3.8, 4) is 0 Å². The minimum atomic E-state index is -0.0262. The fourth-order valence-electron chi connectivity index (χ4n) is 3.23. The van der Waals surface area contributed by atoms with Crippen molar-refractivity contribution < 1.29 is 0 Å². The maximum absolute atomic E-state index is 6.55. The van der Waals surface area contributed by atoms with Crippen LogP contribution in [0.1, 0.15) is 54.4 Å². The van der Waals surface area contributed by atoms with Gasteiger partial charge < -0.3 is 5.73 Å². The topological polar surface area (TPSA) is 56.7 Å². The summed E-state index contributed by atoms with van der Waals surface area (Å²) in [5, 5.41) is 4.52. The standard InChI is InChI=1S/C16H22N4/c1-3-12-10-14(20(2)19-12)15(17)13-8-4-6-11-7-5-9-18-16(11)13/h5,7,9-10,13,15H,3-4,6,8,17H2,1-2H3. The van der Waals surface area contributed by atoms with Gasteiger partial charge in [-0.2, -0.15) is 5.10 Å². The zero-order valence-electron chi connectivity index (χ0n) is 12.2. The molecule has 2 aromatic rings. The minimum Gasteiger partial charge on any atom is -0.322 e. The fourth-order valence-corrected chi connectivity index (χ4v) is 3.23. The molecule has 20 heavy (non-hydrogen) atoms. The molecule has 1 aliphatic carbocycles. The highest BCUT2D eigenvalue weighted by Crippen LogP contribution is 2.37. The van der Waals surface area contributed by atoms with Crippen LogP contribution >= 0.6 is 0 Å². The van der Waals surface area contributed by atoms with Gasteiger partial charge in [0.05, 0.1) is 17.4 Å². The summed E-state index contributed by atoms with van der Waals surface area (Å²) in [6.45, 7) is 2.12. The summed E-state index contributed by atoms with van der Waals surface area (Å²) in [6.07, 6.45) is 6.25. The van der Waals surface area contributed by atoms with Gasteiger partial charge in [-0.15, -0.1) is 0 Å². The smallest absolute Gasteiger partial charge is 0.0625 e. The molecular formula is C16H22N4. The van der Waals surface area contributed by atoms with Crippen molar-refractivity contribution in [1.29, 1.82) is 0 Å². The molecular weight excluding hydrogens is 248 g/mol. The van der Waals surface area contributed by atoms with Gasteiger partial charge >= 0.3 is 0 Å². The molecule has 1 aliphatic rings. The zero-order valence-corrected chi connectivity index (χ0v) is 12.2. The summed E-state index contributed by atoms with van der Waals surface area (Å²) in [5.41, 5.74) is 11.3. The Labute approximate surface area is 120 Å². The van der Waals surface area contributed by atoms with Gasteiger partial charge in [-0.3, -0.25) is 9.67 Å². The van der Waals surface area contributed by atoms with Crippen molar-refractivity contribution in [3.05, 3.63) is 47.0 Å². The molecule has 0 bridgehead atoms. The van der Waals surface area contributed by atoms with Crippen molar-refractivity contribution in [2.24, 2.45) is 12.8 Å². The first-order valence-corrected chi connectivity index (χ1v) is 7.43. The molecule has 106 valence electrons. The van der Waals surface area contributed by atoms with Crippen LogP contribution in [0.2, 0.25) is 0 Å². The van der Waals surface area contributed by atoms with Crippen LogP contribution in [-0.2, 0) is 19.9 Å². The van der Waals surface area contributed by atoms with E-state index in [1.54, 1.807) is 0 Å². The number of hydrogen-bond donors (Lipinski definition) is 1. The third-order valence-corrected chi connectivity index (χ3v) is 4.34. The largest absolute Gasteiger partial charge is 0.322 e. The second-order valence-electron chi connectivity index (χ2n) is 5.61. The molecule has 2 atom stereocenters. The molecule has 0 amide bonds. The SMILES string of the molecule is CCc1cc(C(N)C2CCCc3cccnc32)n(C)n1. The average Bonchev–Trinajstić information content (AvgIpc) is 2.87. The number of nitrogens with zero attached hydrogens (tertiary/aromatic N) is 3. The lowest BCUT2D eigenvalue weighted by molar-refractivity contribution is 0.443. The van der Waals surface area contributed by atoms with Gasteiger partial charge in [0.2, 0.25) is 0 Å². The lowest BCUT2D eigenvalue weighted by Crippen LogP contribution is -2.26. The molecule has 0 aromatic carbocycles. The lowest BCUT2D eigenvalue weighted by atomic mass is 9.81. The summed E-state index contributed by atoms with van der Waals surface area (Å²) < 4.78 is 1.93. The predicted octanol–water partition coefficient (Wildman–Crippen LogP) is 2.50. The van der Waals surface area contributed by atoms with E-state index in [4.69, 9.17) is 5.73 Å². The summed E-state index contributed by atoms with van der Waals surface area (Å²) in [6, 6.07) is 6.32. The maximum atomic E-state index is 6.55. The van der Waals surface area contributed by atoms with Gasteiger partial charge in [0.15, 0.2) is 0 Å². The van der Waals surface area contributed by atoms with E-state index in [0.717, 1.165) is 30.7 Å². The first kappa shape index (κ1) is 13.3. The minimum absolute atomic E-state index is 0.0262. The lowest BCUT2D eigenvalue weighted by Gasteiger charge is -2.29. The van der Waals surface area contributed by atoms with Crippen molar-refractivity contribution >= 4 is 0 Å².